The van der Waals surface area contributed by atoms with E-state index in [1.54, 1.807) is 6.08 Å². The Morgan fingerprint density at radius 1 is 1.26 bits per heavy atom. The van der Waals surface area contributed by atoms with Crippen molar-refractivity contribution in [3.05, 3.63) is 47.0 Å². The fraction of sp³-hybridized carbons (Fsp3) is 0.333. The molecule has 2 unspecified atom stereocenters. The number of hydrogen-bond donors (Lipinski definition) is 0. The molecule has 1 saturated carbocycles. The van der Waals surface area contributed by atoms with Crippen molar-refractivity contribution in [1.82, 2.24) is 4.90 Å². The highest BCUT2D eigenvalue weighted by Gasteiger charge is 2.47. The van der Waals surface area contributed by atoms with Gasteiger partial charge in [0.05, 0.1) is 0 Å². The summed E-state index contributed by atoms with van der Waals surface area (Å²) in [4.78, 5) is 25.5. The Balaban J connectivity index is 1.71. The van der Waals surface area contributed by atoms with Crippen LogP contribution in [0.1, 0.15) is 24.3 Å². The molecule has 0 saturated heterocycles. The van der Waals surface area contributed by atoms with Crippen LogP contribution in [0.25, 0.3) is 0 Å². The molecule has 4 heteroatoms. The van der Waals surface area contributed by atoms with E-state index in [0.29, 0.717) is 13.0 Å². The summed E-state index contributed by atoms with van der Waals surface area (Å²) in [6, 6.07) is 9.97. The smallest absolute Gasteiger partial charge is 0.271 e. The average Bonchev–Trinajstić information content (AvgIpc) is 3.22. The van der Waals surface area contributed by atoms with Crippen LogP contribution in [0.15, 0.2) is 41.4 Å². The van der Waals surface area contributed by atoms with E-state index in [2.05, 4.69) is 0 Å². The van der Waals surface area contributed by atoms with Crippen molar-refractivity contribution in [3.63, 3.8) is 0 Å². The standard InChI is InChI=1S/C15H14ClNO2/c16-13-7-4-8-17(15(13)19)14(18)12-9-11(12)10-5-2-1-3-6-10/h1-3,5-7,11-12H,4,8-9H2. The molecular formula is C15H14ClNO2. The Kier molecular flexibility index (Phi) is 3.15. The van der Waals surface area contributed by atoms with Crippen LogP contribution in [0.4, 0.5) is 0 Å². The molecule has 1 aromatic carbocycles. The highest BCUT2D eigenvalue weighted by molar-refractivity contribution is 6.43. The first-order valence-electron chi connectivity index (χ1n) is 6.45. The van der Waals surface area contributed by atoms with Crippen LogP contribution in [0, 0.1) is 5.92 Å². The second-order valence-corrected chi connectivity index (χ2v) is 5.40. The number of benzene rings is 1. The maximum atomic E-state index is 12.3. The third-order valence-electron chi connectivity index (χ3n) is 3.73. The highest BCUT2D eigenvalue weighted by atomic mass is 35.5. The van der Waals surface area contributed by atoms with Gasteiger partial charge in [-0.15, -0.1) is 0 Å². The molecule has 98 valence electrons. The van der Waals surface area contributed by atoms with Crippen LogP contribution < -0.4 is 0 Å². The number of carbonyl (C=O) groups excluding carboxylic acids is 2. The Labute approximate surface area is 116 Å². The van der Waals surface area contributed by atoms with Gasteiger partial charge in [-0.25, -0.2) is 0 Å². The Morgan fingerprint density at radius 2 is 2.00 bits per heavy atom. The minimum absolute atomic E-state index is 0.0612. The zero-order valence-electron chi connectivity index (χ0n) is 10.4. The SMILES string of the molecule is O=C1C(Cl)=CCCN1C(=O)C1CC1c1ccccc1. The van der Waals surface area contributed by atoms with Gasteiger partial charge in [0.15, 0.2) is 0 Å². The number of carbonyl (C=O) groups is 2. The number of nitrogens with zero attached hydrogens (tertiary/aromatic N) is 1. The van der Waals surface area contributed by atoms with E-state index in [0.717, 1.165) is 6.42 Å². The molecule has 0 radical (unpaired) electrons. The second kappa shape index (κ2) is 4.82. The largest absolute Gasteiger partial charge is 0.277 e. The predicted octanol–water partition coefficient (Wildman–Crippen LogP) is 2.67. The zero-order chi connectivity index (χ0) is 13.4. The number of hydrogen-bond acceptors (Lipinski definition) is 2. The molecule has 1 aliphatic heterocycles. The summed E-state index contributed by atoms with van der Waals surface area (Å²) < 4.78 is 0. The average molecular weight is 276 g/mol. The lowest BCUT2D eigenvalue weighted by atomic mass is 10.1. The highest BCUT2D eigenvalue weighted by Crippen LogP contribution is 2.48. The summed E-state index contributed by atoms with van der Waals surface area (Å²) in [5.41, 5.74) is 1.17. The molecule has 0 aromatic heterocycles. The molecule has 3 rings (SSSR count). The van der Waals surface area contributed by atoms with E-state index in [1.807, 2.05) is 30.3 Å². The van der Waals surface area contributed by atoms with Crippen LogP contribution in [0.2, 0.25) is 0 Å². The van der Waals surface area contributed by atoms with Gasteiger partial charge < -0.3 is 0 Å². The van der Waals surface area contributed by atoms with Gasteiger partial charge in [0.2, 0.25) is 5.91 Å². The van der Waals surface area contributed by atoms with Crippen molar-refractivity contribution in [2.75, 3.05) is 6.54 Å². The molecule has 0 N–H and O–H groups in total. The first kappa shape index (κ1) is 12.4. The van der Waals surface area contributed by atoms with Gasteiger partial charge in [-0.3, -0.25) is 14.5 Å². The van der Waals surface area contributed by atoms with Crippen LogP contribution in [0.3, 0.4) is 0 Å². The van der Waals surface area contributed by atoms with Gasteiger partial charge >= 0.3 is 0 Å². The van der Waals surface area contributed by atoms with Crippen LogP contribution in [-0.2, 0) is 9.59 Å². The van der Waals surface area contributed by atoms with Gasteiger partial charge in [0.25, 0.3) is 5.91 Å². The Bertz CT molecular complexity index is 553. The van der Waals surface area contributed by atoms with Crippen LogP contribution in [0.5, 0.6) is 0 Å². The number of rotatable bonds is 2. The quantitative estimate of drug-likeness (QED) is 0.778. The first-order chi connectivity index (χ1) is 9.18. The number of amides is 2. The molecule has 3 nitrogen and oxygen atoms in total. The predicted molar refractivity (Wildman–Crippen MR) is 72.6 cm³/mol. The van der Waals surface area contributed by atoms with Gasteiger partial charge in [-0.05, 0) is 24.3 Å². The lowest BCUT2D eigenvalue weighted by molar-refractivity contribution is -0.143. The molecule has 0 spiro atoms. The van der Waals surface area contributed by atoms with Crippen molar-refractivity contribution in [3.8, 4) is 0 Å². The normalized spacial score (nSPS) is 26.1. The topological polar surface area (TPSA) is 37.4 Å². The van der Waals surface area contributed by atoms with E-state index in [4.69, 9.17) is 11.6 Å². The van der Waals surface area contributed by atoms with E-state index >= 15 is 0 Å². The van der Waals surface area contributed by atoms with Gasteiger partial charge in [0.1, 0.15) is 5.03 Å². The second-order valence-electron chi connectivity index (χ2n) is 5.00. The van der Waals surface area contributed by atoms with Crippen molar-refractivity contribution < 1.29 is 9.59 Å². The van der Waals surface area contributed by atoms with E-state index in [1.165, 1.54) is 10.5 Å². The van der Waals surface area contributed by atoms with Gasteiger partial charge in [0, 0.05) is 12.5 Å². The van der Waals surface area contributed by atoms with Gasteiger partial charge in [-0.2, -0.15) is 0 Å². The maximum Gasteiger partial charge on any atom is 0.271 e. The third kappa shape index (κ3) is 2.30. The van der Waals surface area contributed by atoms with Crippen molar-refractivity contribution >= 4 is 23.4 Å². The molecular weight excluding hydrogens is 262 g/mol. The summed E-state index contributed by atoms with van der Waals surface area (Å²) in [5.74, 6) is -0.234. The third-order valence-corrected chi connectivity index (χ3v) is 4.04. The summed E-state index contributed by atoms with van der Waals surface area (Å²) in [7, 11) is 0. The van der Waals surface area contributed by atoms with E-state index in [9.17, 15) is 9.59 Å². The summed E-state index contributed by atoms with van der Waals surface area (Å²) >= 11 is 5.80. The summed E-state index contributed by atoms with van der Waals surface area (Å²) in [6.07, 6.45) is 3.16. The summed E-state index contributed by atoms with van der Waals surface area (Å²) in [5, 5.41) is 0.163. The monoisotopic (exact) mass is 275 g/mol. The number of halogens is 1. The van der Waals surface area contributed by atoms with Crippen molar-refractivity contribution in [2.45, 2.75) is 18.8 Å². The zero-order valence-corrected chi connectivity index (χ0v) is 11.1. The van der Waals surface area contributed by atoms with Crippen LogP contribution in [-0.4, -0.2) is 23.3 Å². The van der Waals surface area contributed by atoms with Crippen molar-refractivity contribution in [2.24, 2.45) is 5.92 Å². The lowest BCUT2D eigenvalue weighted by Crippen LogP contribution is -2.40. The van der Waals surface area contributed by atoms with E-state index < -0.39 is 0 Å². The molecule has 1 fully saturated rings. The van der Waals surface area contributed by atoms with Gasteiger partial charge in [-0.1, -0.05) is 48.0 Å². The maximum absolute atomic E-state index is 12.3. The fourth-order valence-electron chi connectivity index (χ4n) is 2.59. The van der Waals surface area contributed by atoms with Crippen LogP contribution >= 0.6 is 11.6 Å². The molecule has 1 aliphatic carbocycles. The Morgan fingerprint density at radius 3 is 2.74 bits per heavy atom. The minimum Gasteiger partial charge on any atom is -0.277 e. The molecule has 19 heavy (non-hydrogen) atoms. The molecule has 1 aromatic rings. The summed E-state index contributed by atoms with van der Waals surface area (Å²) in [6.45, 7) is 0.450. The number of imide groups is 1. The minimum atomic E-state index is -0.350. The molecule has 0 bridgehead atoms. The molecule has 2 aliphatic rings. The Hall–Kier alpha value is -1.61. The molecule has 1 heterocycles. The lowest BCUT2D eigenvalue weighted by Gasteiger charge is -2.23. The van der Waals surface area contributed by atoms with Crippen molar-refractivity contribution in [1.29, 1.82) is 0 Å². The fourth-order valence-corrected chi connectivity index (χ4v) is 2.80. The molecule has 2 amide bonds. The molecule has 2 atom stereocenters. The first-order valence-corrected chi connectivity index (χ1v) is 6.82. The van der Waals surface area contributed by atoms with E-state index in [-0.39, 0.29) is 28.7 Å².